The van der Waals surface area contributed by atoms with Gasteiger partial charge in [0.2, 0.25) is 0 Å². The van der Waals surface area contributed by atoms with Crippen LogP contribution in [-0.2, 0) is 4.74 Å². The molecule has 0 aliphatic carbocycles. The molecule has 22 heavy (non-hydrogen) atoms. The third-order valence-electron chi connectivity index (χ3n) is 3.30. The quantitative estimate of drug-likeness (QED) is 0.707. The number of hydrogen-bond acceptors (Lipinski definition) is 4. The zero-order valence-corrected chi connectivity index (χ0v) is 13.0. The first kappa shape index (κ1) is 14.8. The monoisotopic (exact) mass is 316 g/mol. The molecule has 0 bridgehead atoms. The molecule has 0 saturated carbocycles. The van der Waals surface area contributed by atoms with Crippen LogP contribution in [0.2, 0.25) is 5.02 Å². The average Bonchev–Trinajstić information content (AvgIpc) is 2.95. The third kappa shape index (κ3) is 3.37. The molecular weight excluding hydrogens is 300 g/mol. The summed E-state index contributed by atoms with van der Waals surface area (Å²) in [4.78, 5) is 4.56. The standard InChI is InChI=1S/C16H17ClN4O/c1-22-10-2-8-18-15-7-9-21-16(19-15)11-14(20-21)12-3-5-13(17)6-4-12/h3-7,9,11H,2,8,10H2,1H3,(H,18,19). The smallest absolute Gasteiger partial charge is 0.157 e. The highest BCUT2D eigenvalue weighted by Crippen LogP contribution is 2.21. The molecule has 0 saturated heterocycles. The van der Waals surface area contributed by atoms with Gasteiger partial charge >= 0.3 is 0 Å². The van der Waals surface area contributed by atoms with E-state index < -0.39 is 0 Å². The van der Waals surface area contributed by atoms with Crippen LogP contribution >= 0.6 is 11.6 Å². The zero-order valence-electron chi connectivity index (χ0n) is 12.3. The van der Waals surface area contributed by atoms with Crippen LogP contribution in [0.4, 0.5) is 5.82 Å². The molecule has 1 N–H and O–H groups in total. The van der Waals surface area contributed by atoms with E-state index in [-0.39, 0.29) is 0 Å². The molecule has 0 atom stereocenters. The first-order valence-corrected chi connectivity index (χ1v) is 7.49. The fraction of sp³-hybridized carbons (Fsp3) is 0.250. The third-order valence-corrected chi connectivity index (χ3v) is 3.55. The number of rotatable bonds is 6. The average molecular weight is 317 g/mol. The molecule has 1 aromatic carbocycles. The minimum absolute atomic E-state index is 0.716. The van der Waals surface area contributed by atoms with Crippen molar-refractivity contribution in [3.63, 3.8) is 0 Å². The zero-order chi connectivity index (χ0) is 15.4. The Balaban J connectivity index is 1.79. The molecule has 2 heterocycles. The number of benzene rings is 1. The van der Waals surface area contributed by atoms with Gasteiger partial charge in [-0.2, -0.15) is 5.10 Å². The predicted molar refractivity (Wildman–Crippen MR) is 88.4 cm³/mol. The van der Waals surface area contributed by atoms with E-state index in [4.69, 9.17) is 16.3 Å². The van der Waals surface area contributed by atoms with E-state index in [0.29, 0.717) is 5.02 Å². The van der Waals surface area contributed by atoms with Gasteiger partial charge in [0.1, 0.15) is 5.82 Å². The Morgan fingerprint density at radius 1 is 1.23 bits per heavy atom. The van der Waals surface area contributed by atoms with Crippen molar-refractivity contribution >= 4 is 23.1 Å². The van der Waals surface area contributed by atoms with Gasteiger partial charge in [-0.25, -0.2) is 9.50 Å². The number of hydrogen-bond donors (Lipinski definition) is 1. The molecule has 0 amide bonds. The Morgan fingerprint density at radius 2 is 2.05 bits per heavy atom. The van der Waals surface area contributed by atoms with Crippen LogP contribution in [0.3, 0.4) is 0 Å². The minimum atomic E-state index is 0.716. The van der Waals surface area contributed by atoms with Crippen LogP contribution in [0.25, 0.3) is 16.9 Å². The largest absolute Gasteiger partial charge is 0.385 e. The maximum atomic E-state index is 5.91. The fourth-order valence-corrected chi connectivity index (χ4v) is 2.30. The lowest BCUT2D eigenvalue weighted by Crippen LogP contribution is -2.06. The van der Waals surface area contributed by atoms with Crippen LogP contribution in [-0.4, -0.2) is 34.9 Å². The number of nitrogens with one attached hydrogen (secondary N) is 1. The summed E-state index contributed by atoms with van der Waals surface area (Å²) < 4.78 is 6.79. The summed E-state index contributed by atoms with van der Waals surface area (Å²) in [6, 6.07) is 11.5. The highest BCUT2D eigenvalue weighted by molar-refractivity contribution is 6.30. The normalized spacial score (nSPS) is 11.0. The lowest BCUT2D eigenvalue weighted by Gasteiger charge is -2.04. The van der Waals surface area contributed by atoms with Gasteiger partial charge in [0.25, 0.3) is 0 Å². The van der Waals surface area contributed by atoms with Gasteiger partial charge in [-0.3, -0.25) is 0 Å². The molecule has 3 aromatic rings. The summed E-state index contributed by atoms with van der Waals surface area (Å²) in [6.45, 7) is 1.57. The summed E-state index contributed by atoms with van der Waals surface area (Å²) >= 11 is 5.91. The topological polar surface area (TPSA) is 51.5 Å². The highest BCUT2D eigenvalue weighted by Gasteiger charge is 2.06. The molecule has 0 unspecified atom stereocenters. The van der Waals surface area contributed by atoms with Gasteiger partial charge in [-0.1, -0.05) is 23.7 Å². The van der Waals surface area contributed by atoms with Gasteiger partial charge in [0, 0.05) is 43.1 Å². The Bertz CT molecular complexity index is 754. The van der Waals surface area contributed by atoms with E-state index in [1.807, 2.05) is 42.6 Å². The number of ether oxygens (including phenoxy) is 1. The SMILES string of the molecule is COCCCNc1ccn2nc(-c3ccc(Cl)cc3)cc2n1. The first-order valence-electron chi connectivity index (χ1n) is 7.11. The molecule has 0 fully saturated rings. The maximum Gasteiger partial charge on any atom is 0.157 e. The lowest BCUT2D eigenvalue weighted by molar-refractivity contribution is 0.198. The summed E-state index contributed by atoms with van der Waals surface area (Å²) in [5, 5.41) is 8.52. The maximum absolute atomic E-state index is 5.91. The van der Waals surface area contributed by atoms with Gasteiger partial charge in [0.15, 0.2) is 5.65 Å². The van der Waals surface area contributed by atoms with E-state index in [1.54, 1.807) is 11.6 Å². The first-order chi connectivity index (χ1) is 10.8. The van der Waals surface area contributed by atoms with Crippen LogP contribution in [0.15, 0.2) is 42.6 Å². The van der Waals surface area contributed by atoms with E-state index in [1.165, 1.54) is 0 Å². The van der Waals surface area contributed by atoms with Crippen LogP contribution in [0.5, 0.6) is 0 Å². The second-order valence-electron chi connectivity index (χ2n) is 4.93. The predicted octanol–water partition coefficient (Wildman–Crippen LogP) is 3.50. The van der Waals surface area contributed by atoms with Crippen molar-refractivity contribution in [1.29, 1.82) is 0 Å². The molecule has 0 spiro atoms. The lowest BCUT2D eigenvalue weighted by atomic mass is 10.2. The number of fused-ring (bicyclic) bond motifs is 1. The second-order valence-corrected chi connectivity index (χ2v) is 5.36. The van der Waals surface area contributed by atoms with E-state index in [0.717, 1.165) is 42.3 Å². The van der Waals surface area contributed by atoms with Gasteiger partial charge in [-0.05, 0) is 24.6 Å². The van der Waals surface area contributed by atoms with Crippen molar-refractivity contribution in [2.75, 3.05) is 25.6 Å². The van der Waals surface area contributed by atoms with Crippen LogP contribution in [0.1, 0.15) is 6.42 Å². The number of aromatic nitrogens is 3. The molecule has 0 radical (unpaired) electrons. The summed E-state index contributed by atoms with van der Waals surface area (Å²) in [6.07, 6.45) is 2.85. The van der Waals surface area contributed by atoms with Crippen molar-refractivity contribution in [2.45, 2.75) is 6.42 Å². The van der Waals surface area contributed by atoms with E-state index in [2.05, 4.69) is 15.4 Å². The Labute approximate surface area is 133 Å². The molecule has 3 rings (SSSR count). The molecular formula is C16H17ClN4O. The second kappa shape index (κ2) is 6.77. The number of nitrogens with zero attached hydrogens (tertiary/aromatic N) is 3. The molecule has 114 valence electrons. The summed E-state index contributed by atoms with van der Waals surface area (Å²) in [5.41, 5.74) is 2.70. The Morgan fingerprint density at radius 3 is 2.82 bits per heavy atom. The van der Waals surface area contributed by atoms with Crippen molar-refractivity contribution in [3.05, 3.63) is 47.6 Å². The summed E-state index contributed by atoms with van der Waals surface area (Å²) in [5.74, 6) is 0.839. The van der Waals surface area contributed by atoms with Gasteiger partial charge in [-0.15, -0.1) is 0 Å². The minimum Gasteiger partial charge on any atom is -0.385 e. The van der Waals surface area contributed by atoms with Crippen molar-refractivity contribution in [2.24, 2.45) is 0 Å². The van der Waals surface area contributed by atoms with Crippen molar-refractivity contribution in [3.8, 4) is 11.3 Å². The molecule has 6 heteroatoms. The molecule has 0 aliphatic rings. The van der Waals surface area contributed by atoms with Crippen LogP contribution < -0.4 is 5.32 Å². The van der Waals surface area contributed by atoms with E-state index in [9.17, 15) is 0 Å². The van der Waals surface area contributed by atoms with Gasteiger partial charge in [0.05, 0.1) is 5.69 Å². The van der Waals surface area contributed by atoms with E-state index >= 15 is 0 Å². The Kier molecular flexibility index (Phi) is 4.56. The molecule has 5 nitrogen and oxygen atoms in total. The number of methoxy groups -OCH3 is 1. The molecule has 0 aliphatic heterocycles. The fourth-order valence-electron chi connectivity index (χ4n) is 2.17. The van der Waals surface area contributed by atoms with Crippen molar-refractivity contribution < 1.29 is 4.74 Å². The van der Waals surface area contributed by atoms with Gasteiger partial charge < -0.3 is 10.1 Å². The number of halogens is 1. The highest BCUT2D eigenvalue weighted by atomic mass is 35.5. The summed E-state index contributed by atoms with van der Waals surface area (Å²) in [7, 11) is 1.70. The molecule has 2 aromatic heterocycles. The van der Waals surface area contributed by atoms with Crippen molar-refractivity contribution in [1.82, 2.24) is 14.6 Å². The van der Waals surface area contributed by atoms with Crippen LogP contribution in [0, 0.1) is 0 Å². The Hall–Kier alpha value is -2.11. The number of anilines is 1.